The summed E-state index contributed by atoms with van der Waals surface area (Å²) in [5, 5.41) is 3.04. The first-order valence-electron chi connectivity index (χ1n) is 12.0. The fourth-order valence-corrected chi connectivity index (χ4v) is 4.55. The van der Waals surface area contributed by atoms with Gasteiger partial charge < -0.3 is 14.8 Å². The molecule has 184 valence electrons. The number of benzene rings is 2. The fourth-order valence-electron chi connectivity index (χ4n) is 4.55. The van der Waals surface area contributed by atoms with Crippen LogP contribution >= 0.6 is 0 Å². The summed E-state index contributed by atoms with van der Waals surface area (Å²) in [5.74, 6) is 0.551. The predicted molar refractivity (Wildman–Crippen MR) is 133 cm³/mol. The van der Waals surface area contributed by atoms with Crippen molar-refractivity contribution >= 4 is 12.0 Å². The second kappa shape index (κ2) is 11.9. The molecule has 1 aliphatic heterocycles. The summed E-state index contributed by atoms with van der Waals surface area (Å²) in [5.41, 5.74) is 2.91. The number of nitrogens with zero attached hydrogens (tertiary/aromatic N) is 2. The van der Waals surface area contributed by atoms with E-state index in [1.807, 2.05) is 48.5 Å². The normalized spacial score (nSPS) is 15.4. The molecule has 1 unspecified atom stereocenters. The Balaban J connectivity index is 1.74. The Bertz CT molecular complexity index is 954. The summed E-state index contributed by atoms with van der Waals surface area (Å²) in [7, 11) is 1.34. The van der Waals surface area contributed by atoms with E-state index >= 15 is 0 Å². The second-order valence-corrected chi connectivity index (χ2v) is 9.17. The summed E-state index contributed by atoms with van der Waals surface area (Å²) < 4.78 is 11.0. The molecule has 0 radical (unpaired) electrons. The van der Waals surface area contributed by atoms with Gasteiger partial charge in [-0.05, 0) is 62.9 Å². The van der Waals surface area contributed by atoms with E-state index < -0.39 is 12.1 Å². The highest BCUT2D eigenvalue weighted by molar-refractivity contribution is 5.87. The van der Waals surface area contributed by atoms with Crippen LogP contribution in [0.15, 0.2) is 48.5 Å². The lowest BCUT2D eigenvalue weighted by molar-refractivity contribution is -0.126. The zero-order chi connectivity index (χ0) is 24.7. The average Bonchev–Trinajstić information content (AvgIpc) is 2.83. The van der Waals surface area contributed by atoms with Crippen molar-refractivity contribution in [2.24, 2.45) is 0 Å². The van der Waals surface area contributed by atoms with Crippen LogP contribution in [0.5, 0.6) is 5.75 Å². The number of hydrogen-bond acceptors (Lipinski definition) is 5. The van der Waals surface area contributed by atoms with Crippen molar-refractivity contribution in [1.29, 1.82) is 0 Å². The van der Waals surface area contributed by atoms with Gasteiger partial charge >= 0.3 is 6.09 Å². The van der Waals surface area contributed by atoms with Crippen LogP contribution in [0.1, 0.15) is 50.4 Å². The van der Waals surface area contributed by atoms with Crippen LogP contribution in [0, 0.1) is 0 Å². The molecular formula is C27H37N3O4. The van der Waals surface area contributed by atoms with Crippen molar-refractivity contribution in [2.45, 2.75) is 58.8 Å². The van der Waals surface area contributed by atoms with Gasteiger partial charge in [0.2, 0.25) is 5.91 Å². The minimum absolute atomic E-state index is 0.197. The lowest BCUT2D eigenvalue weighted by atomic mass is 9.92. The SMILES string of the molecule is COC(=O)N1CCc2cc(OCc3ccccc3)ccc2C1C(=O)NCCN(C(C)C)C(C)C. The lowest BCUT2D eigenvalue weighted by Crippen LogP contribution is -2.49. The third kappa shape index (κ3) is 6.29. The third-order valence-electron chi connectivity index (χ3n) is 6.24. The van der Waals surface area contributed by atoms with Crippen LogP contribution in [-0.4, -0.2) is 60.6 Å². The van der Waals surface area contributed by atoms with Crippen molar-refractivity contribution in [3.63, 3.8) is 0 Å². The highest BCUT2D eigenvalue weighted by Gasteiger charge is 2.36. The largest absolute Gasteiger partial charge is 0.489 e. The number of fused-ring (bicyclic) bond motifs is 1. The second-order valence-electron chi connectivity index (χ2n) is 9.17. The molecule has 1 heterocycles. The Morgan fingerprint density at radius 2 is 1.79 bits per heavy atom. The van der Waals surface area contributed by atoms with Gasteiger partial charge in [-0.3, -0.25) is 14.6 Å². The first-order valence-corrected chi connectivity index (χ1v) is 12.0. The Hall–Kier alpha value is -3.06. The van der Waals surface area contributed by atoms with E-state index in [9.17, 15) is 9.59 Å². The summed E-state index contributed by atoms with van der Waals surface area (Å²) in [6.45, 7) is 10.7. The standard InChI is InChI=1S/C27H37N3O4/c1-19(2)29(20(3)4)16-14-28-26(31)25-24-12-11-23(34-18-21-9-7-6-8-10-21)17-22(24)13-15-30(25)27(32)33-5/h6-12,17,19-20,25H,13-16,18H2,1-5H3,(H,28,31). The maximum atomic E-state index is 13.3. The van der Waals surface area contributed by atoms with E-state index in [4.69, 9.17) is 9.47 Å². The number of nitrogens with one attached hydrogen (secondary N) is 1. The van der Waals surface area contributed by atoms with Gasteiger partial charge in [0, 0.05) is 31.7 Å². The summed E-state index contributed by atoms with van der Waals surface area (Å²) in [6, 6.07) is 15.8. The molecule has 2 amide bonds. The van der Waals surface area contributed by atoms with Gasteiger partial charge in [0.1, 0.15) is 18.4 Å². The van der Waals surface area contributed by atoms with Crippen molar-refractivity contribution in [3.05, 3.63) is 65.2 Å². The number of rotatable bonds is 9. The van der Waals surface area contributed by atoms with Crippen LogP contribution in [0.4, 0.5) is 4.79 Å². The van der Waals surface area contributed by atoms with E-state index in [-0.39, 0.29) is 5.91 Å². The van der Waals surface area contributed by atoms with Crippen LogP contribution in [0.3, 0.4) is 0 Å². The molecule has 0 aliphatic carbocycles. The molecule has 7 heteroatoms. The molecule has 0 fully saturated rings. The van der Waals surface area contributed by atoms with Gasteiger partial charge in [-0.2, -0.15) is 0 Å². The number of methoxy groups -OCH3 is 1. The van der Waals surface area contributed by atoms with E-state index in [2.05, 4.69) is 37.9 Å². The molecular weight excluding hydrogens is 430 g/mol. The maximum absolute atomic E-state index is 13.3. The Morgan fingerprint density at radius 1 is 1.09 bits per heavy atom. The fraction of sp³-hybridized carbons (Fsp3) is 0.481. The van der Waals surface area contributed by atoms with Crippen molar-refractivity contribution < 1.29 is 19.1 Å². The molecule has 0 spiro atoms. The van der Waals surface area contributed by atoms with Crippen LogP contribution < -0.4 is 10.1 Å². The van der Waals surface area contributed by atoms with Gasteiger partial charge in [-0.15, -0.1) is 0 Å². The number of ether oxygens (including phenoxy) is 2. The number of carbonyl (C=O) groups excluding carboxylic acids is 2. The van der Waals surface area contributed by atoms with E-state index in [0.717, 1.165) is 29.0 Å². The van der Waals surface area contributed by atoms with E-state index in [0.29, 0.717) is 38.2 Å². The van der Waals surface area contributed by atoms with Gasteiger partial charge in [-0.25, -0.2) is 4.79 Å². The molecule has 1 N–H and O–H groups in total. The van der Waals surface area contributed by atoms with Crippen LogP contribution in [0.25, 0.3) is 0 Å². The molecule has 0 bridgehead atoms. The topological polar surface area (TPSA) is 71.1 Å². The van der Waals surface area contributed by atoms with Gasteiger partial charge in [-0.1, -0.05) is 36.4 Å². The molecule has 0 saturated heterocycles. The molecule has 7 nitrogen and oxygen atoms in total. The first-order chi connectivity index (χ1) is 16.3. The molecule has 2 aromatic carbocycles. The summed E-state index contributed by atoms with van der Waals surface area (Å²) >= 11 is 0. The monoisotopic (exact) mass is 467 g/mol. The highest BCUT2D eigenvalue weighted by Crippen LogP contribution is 2.33. The molecule has 3 rings (SSSR count). The molecule has 0 aromatic heterocycles. The quantitative estimate of drug-likeness (QED) is 0.600. The molecule has 0 saturated carbocycles. The molecule has 34 heavy (non-hydrogen) atoms. The lowest BCUT2D eigenvalue weighted by Gasteiger charge is -2.36. The number of carbonyl (C=O) groups is 2. The van der Waals surface area contributed by atoms with E-state index in [1.54, 1.807) is 0 Å². The molecule has 2 aromatic rings. The smallest absolute Gasteiger partial charge is 0.410 e. The number of amides is 2. The first kappa shape index (κ1) is 25.6. The summed E-state index contributed by atoms with van der Waals surface area (Å²) in [6.07, 6.45) is 0.131. The molecule has 1 aliphatic rings. The minimum atomic E-state index is -0.731. The van der Waals surface area contributed by atoms with E-state index in [1.165, 1.54) is 12.0 Å². The predicted octanol–water partition coefficient (Wildman–Crippen LogP) is 4.17. The highest BCUT2D eigenvalue weighted by atomic mass is 16.5. The Labute approximate surface area is 203 Å². The number of hydrogen-bond donors (Lipinski definition) is 1. The zero-order valence-electron chi connectivity index (χ0n) is 20.9. The van der Waals surface area contributed by atoms with Crippen molar-refractivity contribution in [3.8, 4) is 5.75 Å². The average molecular weight is 468 g/mol. The zero-order valence-corrected chi connectivity index (χ0v) is 20.9. The maximum Gasteiger partial charge on any atom is 0.410 e. The Kier molecular flexibility index (Phi) is 8.93. The van der Waals surface area contributed by atoms with Crippen molar-refractivity contribution in [1.82, 2.24) is 15.1 Å². The van der Waals surface area contributed by atoms with Crippen LogP contribution in [-0.2, 0) is 22.6 Å². The minimum Gasteiger partial charge on any atom is -0.489 e. The molecule has 1 atom stereocenters. The van der Waals surface area contributed by atoms with Crippen LogP contribution in [0.2, 0.25) is 0 Å². The van der Waals surface area contributed by atoms with Gasteiger partial charge in [0.15, 0.2) is 0 Å². The Morgan fingerprint density at radius 3 is 2.44 bits per heavy atom. The third-order valence-corrected chi connectivity index (χ3v) is 6.24. The summed E-state index contributed by atoms with van der Waals surface area (Å²) in [4.78, 5) is 29.6. The van der Waals surface area contributed by atoms with Crippen molar-refractivity contribution in [2.75, 3.05) is 26.7 Å². The van der Waals surface area contributed by atoms with Gasteiger partial charge in [0.25, 0.3) is 0 Å². The van der Waals surface area contributed by atoms with Gasteiger partial charge in [0.05, 0.1) is 7.11 Å².